The van der Waals surface area contributed by atoms with E-state index in [2.05, 4.69) is 10.2 Å². The lowest BCUT2D eigenvalue weighted by Crippen LogP contribution is -2.39. The zero-order valence-electron chi connectivity index (χ0n) is 9.43. The SMILES string of the molecule is NNC(CCOCC(F)(F)F)C1=CCCCO1. The number of allylic oxidation sites excluding steroid dienone is 1. The molecule has 0 amide bonds. The van der Waals surface area contributed by atoms with E-state index in [0.717, 1.165) is 12.8 Å². The molecule has 1 aliphatic rings. The van der Waals surface area contributed by atoms with Crippen LogP contribution in [0.15, 0.2) is 11.8 Å². The Morgan fingerprint density at radius 3 is 2.82 bits per heavy atom. The Kier molecular flexibility index (Phi) is 5.73. The fraction of sp³-hybridized carbons (Fsp3) is 0.800. The van der Waals surface area contributed by atoms with Gasteiger partial charge in [0.05, 0.1) is 12.6 Å². The number of nitrogens with two attached hydrogens (primary N) is 1. The first kappa shape index (κ1) is 14.3. The first-order valence-corrected chi connectivity index (χ1v) is 5.46. The van der Waals surface area contributed by atoms with E-state index in [-0.39, 0.29) is 12.6 Å². The van der Waals surface area contributed by atoms with Gasteiger partial charge < -0.3 is 9.47 Å². The normalized spacial score (nSPS) is 18.5. The quantitative estimate of drug-likeness (QED) is 0.428. The van der Waals surface area contributed by atoms with Crippen molar-refractivity contribution < 1.29 is 22.6 Å². The number of hydrogen-bond acceptors (Lipinski definition) is 4. The van der Waals surface area contributed by atoms with E-state index in [1.165, 1.54) is 0 Å². The molecule has 0 saturated heterocycles. The molecule has 3 N–H and O–H groups in total. The Balaban J connectivity index is 2.25. The van der Waals surface area contributed by atoms with Crippen molar-refractivity contribution in [3.63, 3.8) is 0 Å². The molecule has 0 radical (unpaired) electrons. The Labute approximate surface area is 97.9 Å². The number of nitrogens with one attached hydrogen (secondary N) is 1. The standard InChI is InChI=1S/C10H17F3N2O2/c11-10(12,13)7-16-6-4-8(15-14)9-3-1-2-5-17-9/h3,8,15H,1-2,4-7,14H2. The summed E-state index contributed by atoms with van der Waals surface area (Å²) in [5, 5.41) is 0. The number of hydrogen-bond donors (Lipinski definition) is 2. The number of ether oxygens (including phenoxy) is 2. The largest absolute Gasteiger partial charge is 0.497 e. The highest BCUT2D eigenvalue weighted by Gasteiger charge is 2.27. The molecule has 0 aromatic carbocycles. The fourth-order valence-corrected chi connectivity index (χ4v) is 1.52. The second-order valence-corrected chi connectivity index (χ2v) is 3.77. The maximum absolute atomic E-state index is 11.8. The summed E-state index contributed by atoms with van der Waals surface area (Å²) in [6.45, 7) is -0.632. The molecule has 100 valence electrons. The lowest BCUT2D eigenvalue weighted by Gasteiger charge is -2.23. The maximum atomic E-state index is 11.8. The third-order valence-electron chi connectivity index (χ3n) is 2.32. The molecular weight excluding hydrogens is 237 g/mol. The molecule has 0 saturated carbocycles. The zero-order valence-corrected chi connectivity index (χ0v) is 9.43. The lowest BCUT2D eigenvalue weighted by atomic mass is 10.1. The summed E-state index contributed by atoms with van der Waals surface area (Å²) in [6.07, 6.45) is -0.190. The average Bonchev–Trinajstić information content (AvgIpc) is 2.29. The minimum absolute atomic E-state index is 0.0188. The van der Waals surface area contributed by atoms with Crippen LogP contribution in [0.3, 0.4) is 0 Å². The predicted molar refractivity (Wildman–Crippen MR) is 55.9 cm³/mol. The van der Waals surface area contributed by atoms with Crippen LogP contribution in [0.2, 0.25) is 0 Å². The smallest absolute Gasteiger partial charge is 0.411 e. The van der Waals surface area contributed by atoms with Gasteiger partial charge in [-0.1, -0.05) is 0 Å². The molecule has 0 aromatic heterocycles. The number of rotatable bonds is 6. The Hall–Kier alpha value is -0.790. The molecule has 1 rings (SSSR count). The molecule has 7 heteroatoms. The minimum atomic E-state index is -4.29. The van der Waals surface area contributed by atoms with Crippen molar-refractivity contribution in [1.82, 2.24) is 5.43 Å². The van der Waals surface area contributed by atoms with Crippen molar-refractivity contribution in [2.75, 3.05) is 19.8 Å². The zero-order chi connectivity index (χ0) is 12.7. The first-order valence-electron chi connectivity index (χ1n) is 5.46. The molecule has 0 aliphatic carbocycles. The molecule has 0 aromatic rings. The van der Waals surface area contributed by atoms with E-state index < -0.39 is 12.8 Å². The van der Waals surface area contributed by atoms with Crippen LogP contribution in [0.25, 0.3) is 0 Å². The van der Waals surface area contributed by atoms with Crippen molar-refractivity contribution >= 4 is 0 Å². The summed E-state index contributed by atoms with van der Waals surface area (Å²) in [5.74, 6) is 6.01. The van der Waals surface area contributed by atoms with Gasteiger partial charge in [0, 0.05) is 6.61 Å². The minimum Gasteiger partial charge on any atom is -0.497 e. The first-order chi connectivity index (χ1) is 8.03. The van der Waals surface area contributed by atoms with Gasteiger partial charge in [0.15, 0.2) is 0 Å². The van der Waals surface area contributed by atoms with Crippen LogP contribution in [-0.4, -0.2) is 32.0 Å². The van der Waals surface area contributed by atoms with Gasteiger partial charge in [-0.05, 0) is 25.3 Å². The average molecular weight is 254 g/mol. The van der Waals surface area contributed by atoms with Crippen LogP contribution in [0.5, 0.6) is 0 Å². The van der Waals surface area contributed by atoms with Crippen molar-refractivity contribution in [2.24, 2.45) is 5.84 Å². The van der Waals surface area contributed by atoms with Gasteiger partial charge >= 0.3 is 6.18 Å². The summed E-state index contributed by atoms with van der Waals surface area (Å²) in [6, 6.07) is -0.288. The van der Waals surface area contributed by atoms with Gasteiger partial charge in [-0.25, -0.2) is 5.43 Å². The van der Waals surface area contributed by atoms with Crippen LogP contribution >= 0.6 is 0 Å². The molecule has 1 atom stereocenters. The van der Waals surface area contributed by atoms with Crippen molar-refractivity contribution in [3.05, 3.63) is 11.8 Å². The third kappa shape index (κ3) is 5.90. The highest BCUT2D eigenvalue weighted by atomic mass is 19.4. The van der Waals surface area contributed by atoms with E-state index in [0.29, 0.717) is 18.8 Å². The van der Waals surface area contributed by atoms with E-state index in [9.17, 15) is 13.2 Å². The highest BCUT2D eigenvalue weighted by molar-refractivity contribution is 5.04. The topological polar surface area (TPSA) is 56.5 Å². The van der Waals surface area contributed by atoms with E-state index >= 15 is 0 Å². The van der Waals surface area contributed by atoms with E-state index in [4.69, 9.17) is 10.6 Å². The molecule has 1 aliphatic heterocycles. The van der Waals surface area contributed by atoms with Gasteiger partial charge in [0.1, 0.15) is 12.4 Å². The van der Waals surface area contributed by atoms with Crippen molar-refractivity contribution in [1.29, 1.82) is 0 Å². The van der Waals surface area contributed by atoms with Gasteiger partial charge in [0.2, 0.25) is 0 Å². The van der Waals surface area contributed by atoms with Gasteiger partial charge in [-0.3, -0.25) is 5.84 Å². The summed E-state index contributed by atoms with van der Waals surface area (Å²) in [4.78, 5) is 0. The Morgan fingerprint density at radius 1 is 1.53 bits per heavy atom. The van der Waals surface area contributed by atoms with Crippen LogP contribution in [0, 0.1) is 0 Å². The third-order valence-corrected chi connectivity index (χ3v) is 2.32. The number of halogens is 3. The van der Waals surface area contributed by atoms with E-state index in [1.54, 1.807) is 0 Å². The van der Waals surface area contributed by atoms with Gasteiger partial charge in [0.25, 0.3) is 0 Å². The lowest BCUT2D eigenvalue weighted by molar-refractivity contribution is -0.174. The predicted octanol–water partition coefficient (Wildman–Crippen LogP) is 1.48. The summed E-state index contributed by atoms with van der Waals surface area (Å²) >= 11 is 0. The maximum Gasteiger partial charge on any atom is 0.411 e. The Bertz CT molecular complexity index is 256. The molecule has 1 heterocycles. The monoisotopic (exact) mass is 254 g/mol. The van der Waals surface area contributed by atoms with Gasteiger partial charge in [-0.15, -0.1) is 0 Å². The summed E-state index contributed by atoms with van der Waals surface area (Å²) in [7, 11) is 0. The molecule has 4 nitrogen and oxygen atoms in total. The van der Waals surface area contributed by atoms with E-state index in [1.807, 2.05) is 6.08 Å². The molecule has 0 fully saturated rings. The van der Waals surface area contributed by atoms with Crippen LogP contribution < -0.4 is 11.3 Å². The molecule has 1 unspecified atom stereocenters. The van der Waals surface area contributed by atoms with Gasteiger partial charge in [-0.2, -0.15) is 13.2 Å². The summed E-state index contributed by atoms with van der Waals surface area (Å²) < 4.78 is 45.3. The van der Waals surface area contributed by atoms with Crippen molar-refractivity contribution in [3.8, 4) is 0 Å². The second-order valence-electron chi connectivity index (χ2n) is 3.77. The van der Waals surface area contributed by atoms with Crippen LogP contribution in [-0.2, 0) is 9.47 Å². The van der Waals surface area contributed by atoms with Crippen LogP contribution in [0.1, 0.15) is 19.3 Å². The Morgan fingerprint density at radius 2 is 2.29 bits per heavy atom. The number of alkyl halides is 3. The molecular formula is C10H17F3N2O2. The van der Waals surface area contributed by atoms with Crippen molar-refractivity contribution in [2.45, 2.75) is 31.5 Å². The molecule has 17 heavy (non-hydrogen) atoms. The second kappa shape index (κ2) is 6.83. The fourth-order valence-electron chi connectivity index (χ4n) is 1.52. The molecule has 0 bridgehead atoms. The molecule has 0 spiro atoms. The highest BCUT2D eigenvalue weighted by Crippen LogP contribution is 2.17. The summed E-state index contributed by atoms with van der Waals surface area (Å²) in [5.41, 5.74) is 2.51. The van der Waals surface area contributed by atoms with Crippen LogP contribution in [0.4, 0.5) is 13.2 Å². The number of hydrazine groups is 1.